The maximum absolute atomic E-state index is 13.8. The van der Waals surface area contributed by atoms with E-state index in [9.17, 15) is 27.6 Å². The second-order valence-electron chi connectivity index (χ2n) is 9.09. The highest BCUT2D eigenvalue weighted by molar-refractivity contribution is 6.03. The number of pyridine rings is 1. The van der Waals surface area contributed by atoms with Gasteiger partial charge in [0.2, 0.25) is 5.91 Å². The Morgan fingerprint density at radius 1 is 1.19 bits per heavy atom. The van der Waals surface area contributed by atoms with Crippen LogP contribution in [0.5, 0.6) is 0 Å². The zero-order valence-electron chi connectivity index (χ0n) is 20.0. The fourth-order valence-corrected chi connectivity index (χ4v) is 4.65. The number of benzene rings is 1. The van der Waals surface area contributed by atoms with E-state index in [0.29, 0.717) is 0 Å². The van der Waals surface area contributed by atoms with Gasteiger partial charge >= 0.3 is 12.2 Å². The zero-order chi connectivity index (χ0) is 26.2. The Morgan fingerprint density at radius 2 is 1.92 bits per heavy atom. The van der Waals surface area contributed by atoms with E-state index < -0.39 is 41.7 Å². The zero-order valence-corrected chi connectivity index (χ0v) is 20.0. The molecule has 2 atom stereocenters. The smallest absolute Gasteiger partial charge is 0.350 e. The van der Waals surface area contributed by atoms with Crippen LogP contribution < -0.4 is 10.6 Å². The average Bonchev–Trinajstić information content (AvgIpc) is 3.17. The van der Waals surface area contributed by atoms with Gasteiger partial charge in [0.05, 0.1) is 29.4 Å². The fraction of sp³-hybridized carbons (Fsp3) is 0.360. The van der Waals surface area contributed by atoms with Gasteiger partial charge < -0.3 is 15.5 Å². The highest BCUT2D eigenvalue weighted by atomic mass is 19.4. The van der Waals surface area contributed by atoms with Crippen LogP contribution in [-0.4, -0.2) is 52.3 Å². The molecular formula is C25H26F3N5O3. The van der Waals surface area contributed by atoms with Gasteiger partial charge in [0.1, 0.15) is 6.04 Å². The summed E-state index contributed by atoms with van der Waals surface area (Å²) in [6.45, 7) is 3.68. The average molecular weight is 502 g/mol. The van der Waals surface area contributed by atoms with Gasteiger partial charge in [0.25, 0.3) is 5.91 Å². The number of alkyl halides is 3. The quantitative estimate of drug-likeness (QED) is 0.636. The summed E-state index contributed by atoms with van der Waals surface area (Å²) in [7, 11) is 1.44. The number of halogens is 3. The lowest BCUT2D eigenvalue weighted by Gasteiger charge is -2.32. The van der Waals surface area contributed by atoms with Crippen molar-refractivity contribution < 1.29 is 27.6 Å². The van der Waals surface area contributed by atoms with Crippen molar-refractivity contribution in [2.75, 3.05) is 13.6 Å². The van der Waals surface area contributed by atoms with E-state index in [4.69, 9.17) is 0 Å². The van der Waals surface area contributed by atoms with E-state index in [1.807, 2.05) is 0 Å². The van der Waals surface area contributed by atoms with Crippen molar-refractivity contribution in [3.8, 4) is 0 Å². The van der Waals surface area contributed by atoms with Crippen molar-refractivity contribution in [2.45, 2.75) is 38.7 Å². The Bertz CT molecular complexity index is 1210. The van der Waals surface area contributed by atoms with Crippen LogP contribution in [0.4, 0.5) is 18.0 Å². The number of nitrogens with zero attached hydrogens (tertiary/aromatic N) is 3. The first-order valence-corrected chi connectivity index (χ1v) is 11.4. The van der Waals surface area contributed by atoms with Crippen LogP contribution in [-0.2, 0) is 22.3 Å². The molecule has 0 spiro atoms. The molecule has 190 valence electrons. The van der Waals surface area contributed by atoms with E-state index >= 15 is 0 Å². The summed E-state index contributed by atoms with van der Waals surface area (Å²) in [6.07, 6.45) is -1.46. The van der Waals surface area contributed by atoms with Crippen molar-refractivity contribution in [2.24, 2.45) is 5.92 Å². The van der Waals surface area contributed by atoms with Crippen LogP contribution in [0.15, 0.2) is 60.1 Å². The SMILES string of the molecule is CC(C)[C@@H](C(=O)NCc1cccnc1)N1CC2=C(C1=O)[C@H](c1ccccc1C(F)(F)F)NC(=O)N2C. The predicted octanol–water partition coefficient (Wildman–Crippen LogP) is 3.23. The lowest BCUT2D eigenvalue weighted by molar-refractivity contribution is -0.139. The second kappa shape index (κ2) is 9.63. The largest absolute Gasteiger partial charge is 0.416 e. The molecule has 0 aliphatic carbocycles. The van der Waals surface area contributed by atoms with Gasteiger partial charge in [0.15, 0.2) is 0 Å². The molecule has 4 amide bonds. The number of hydrogen-bond acceptors (Lipinski definition) is 4. The van der Waals surface area contributed by atoms with Gasteiger partial charge in [-0.2, -0.15) is 13.2 Å². The normalized spacial score (nSPS) is 18.9. The Morgan fingerprint density at radius 3 is 2.56 bits per heavy atom. The highest BCUT2D eigenvalue weighted by Gasteiger charge is 2.48. The molecule has 4 rings (SSSR count). The summed E-state index contributed by atoms with van der Waals surface area (Å²) in [5, 5.41) is 5.35. The summed E-state index contributed by atoms with van der Waals surface area (Å²) < 4.78 is 41.3. The molecule has 0 saturated heterocycles. The molecule has 2 N–H and O–H groups in total. The molecule has 0 saturated carbocycles. The van der Waals surface area contributed by atoms with Crippen LogP contribution >= 0.6 is 0 Å². The lowest BCUT2D eigenvalue weighted by Crippen LogP contribution is -2.51. The van der Waals surface area contributed by atoms with Gasteiger partial charge in [0, 0.05) is 26.0 Å². The molecule has 2 aliphatic rings. The van der Waals surface area contributed by atoms with E-state index in [1.165, 1.54) is 35.0 Å². The molecule has 11 heteroatoms. The summed E-state index contributed by atoms with van der Waals surface area (Å²) in [4.78, 5) is 46.1. The number of carbonyl (C=O) groups excluding carboxylic acids is 3. The monoisotopic (exact) mass is 501 g/mol. The number of nitrogens with one attached hydrogen (secondary N) is 2. The van der Waals surface area contributed by atoms with Crippen LogP contribution in [0.1, 0.15) is 36.6 Å². The third-order valence-electron chi connectivity index (χ3n) is 6.39. The first-order chi connectivity index (χ1) is 17.0. The topological polar surface area (TPSA) is 94.6 Å². The van der Waals surface area contributed by atoms with Crippen molar-refractivity contribution in [1.82, 2.24) is 25.4 Å². The highest BCUT2D eigenvalue weighted by Crippen LogP contribution is 2.42. The number of hydrogen-bond donors (Lipinski definition) is 2. The number of aromatic nitrogens is 1. The molecule has 8 nitrogen and oxygen atoms in total. The molecule has 2 aliphatic heterocycles. The number of likely N-dealkylation sites (N-methyl/N-ethyl adjacent to an activating group) is 1. The minimum atomic E-state index is -4.68. The molecule has 2 aromatic rings. The Kier molecular flexibility index (Phi) is 6.75. The number of carbonyl (C=O) groups is 3. The Balaban J connectivity index is 1.66. The van der Waals surface area contributed by atoms with E-state index in [1.54, 1.807) is 38.4 Å². The Hall–Kier alpha value is -3.89. The molecule has 1 aromatic heterocycles. The number of amides is 4. The van der Waals surface area contributed by atoms with E-state index in [0.717, 1.165) is 11.6 Å². The second-order valence-corrected chi connectivity index (χ2v) is 9.09. The maximum Gasteiger partial charge on any atom is 0.416 e. The third-order valence-corrected chi connectivity index (χ3v) is 6.39. The molecule has 0 radical (unpaired) electrons. The standard InChI is InChI=1S/C25H26F3N5O3/c1-14(2)21(22(34)30-12-15-7-6-10-29-11-15)33-13-18-19(23(33)35)20(31-24(36)32(18)3)16-8-4-5-9-17(16)25(26,27)28/h4-11,14,20-21H,12-13H2,1-3H3,(H,30,34)(H,31,36)/t20-,21-/m0/s1. The van der Waals surface area contributed by atoms with Gasteiger partial charge in [-0.05, 0) is 29.2 Å². The molecule has 1 aromatic carbocycles. The van der Waals surface area contributed by atoms with E-state index in [-0.39, 0.29) is 35.8 Å². The van der Waals surface area contributed by atoms with Crippen LogP contribution in [0, 0.1) is 5.92 Å². The molecule has 0 bridgehead atoms. The molecule has 0 fully saturated rings. The van der Waals surface area contributed by atoms with Gasteiger partial charge in [-0.3, -0.25) is 19.5 Å². The van der Waals surface area contributed by atoms with Crippen molar-refractivity contribution >= 4 is 17.8 Å². The van der Waals surface area contributed by atoms with Crippen LogP contribution in [0.3, 0.4) is 0 Å². The molecule has 3 heterocycles. The summed E-state index contributed by atoms with van der Waals surface area (Å²) in [5.41, 5.74) is -0.0864. The summed E-state index contributed by atoms with van der Waals surface area (Å²) in [5.74, 6) is -1.30. The van der Waals surface area contributed by atoms with Crippen molar-refractivity contribution in [3.05, 3.63) is 76.8 Å². The molecular weight excluding hydrogens is 475 g/mol. The Labute approximate surface area is 206 Å². The first-order valence-electron chi connectivity index (χ1n) is 11.4. The van der Waals surface area contributed by atoms with Crippen LogP contribution in [0.2, 0.25) is 0 Å². The van der Waals surface area contributed by atoms with Crippen LogP contribution in [0.25, 0.3) is 0 Å². The van der Waals surface area contributed by atoms with Gasteiger partial charge in [-0.1, -0.05) is 38.1 Å². The minimum absolute atomic E-state index is 0.0273. The first kappa shape index (κ1) is 25.2. The fourth-order valence-electron chi connectivity index (χ4n) is 4.65. The van der Waals surface area contributed by atoms with Gasteiger partial charge in [-0.25, -0.2) is 4.79 Å². The van der Waals surface area contributed by atoms with E-state index in [2.05, 4.69) is 15.6 Å². The molecule has 36 heavy (non-hydrogen) atoms. The minimum Gasteiger partial charge on any atom is -0.350 e. The third kappa shape index (κ3) is 4.65. The van der Waals surface area contributed by atoms with Crippen molar-refractivity contribution in [3.63, 3.8) is 0 Å². The summed E-state index contributed by atoms with van der Waals surface area (Å²) >= 11 is 0. The predicted molar refractivity (Wildman–Crippen MR) is 124 cm³/mol. The molecule has 0 unspecified atom stereocenters. The van der Waals surface area contributed by atoms with Crippen molar-refractivity contribution in [1.29, 1.82) is 0 Å². The maximum atomic E-state index is 13.8. The van der Waals surface area contributed by atoms with Gasteiger partial charge in [-0.15, -0.1) is 0 Å². The number of urea groups is 1. The lowest BCUT2D eigenvalue weighted by atomic mass is 9.91. The summed E-state index contributed by atoms with van der Waals surface area (Å²) in [6, 6.07) is 5.55. The number of rotatable bonds is 6.